The second kappa shape index (κ2) is 6.65. The molecule has 2 rings (SSSR count). The molecule has 0 saturated carbocycles. The maximum absolute atomic E-state index is 3.63. The topological polar surface area (TPSA) is 24.1 Å². The summed E-state index contributed by atoms with van der Waals surface area (Å²) in [5, 5.41) is 7.20. The van der Waals surface area contributed by atoms with Gasteiger partial charge in [0.15, 0.2) is 0 Å². The molecule has 1 aromatic carbocycles. The van der Waals surface area contributed by atoms with Crippen LogP contribution in [0.4, 0.5) is 5.69 Å². The van der Waals surface area contributed by atoms with Crippen LogP contribution in [-0.2, 0) is 0 Å². The molecule has 1 fully saturated rings. The SMILES string of the molecule is CCCCNc1ccccc1C1CCCCN1. The fraction of sp³-hybridized carbons (Fsp3) is 0.600. The van der Waals surface area contributed by atoms with Gasteiger partial charge in [-0.25, -0.2) is 0 Å². The highest BCUT2D eigenvalue weighted by Crippen LogP contribution is 2.28. The lowest BCUT2D eigenvalue weighted by Gasteiger charge is -2.26. The van der Waals surface area contributed by atoms with Crippen LogP contribution in [-0.4, -0.2) is 13.1 Å². The first-order valence-electron chi connectivity index (χ1n) is 6.98. The van der Waals surface area contributed by atoms with Gasteiger partial charge in [0.2, 0.25) is 0 Å². The van der Waals surface area contributed by atoms with Gasteiger partial charge >= 0.3 is 0 Å². The van der Waals surface area contributed by atoms with Gasteiger partial charge < -0.3 is 10.6 Å². The van der Waals surface area contributed by atoms with Gasteiger partial charge in [-0.2, -0.15) is 0 Å². The summed E-state index contributed by atoms with van der Waals surface area (Å²) >= 11 is 0. The van der Waals surface area contributed by atoms with Gasteiger partial charge in [0, 0.05) is 18.3 Å². The van der Waals surface area contributed by atoms with E-state index in [1.807, 2.05) is 0 Å². The Labute approximate surface area is 105 Å². The molecule has 1 aliphatic rings. The Hall–Kier alpha value is -1.02. The number of unbranched alkanes of at least 4 members (excludes halogenated alkanes) is 1. The second-order valence-electron chi connectivity index (χ2n) is 4.87. The number of hydrogen-bond acceptors (Lipinski definition) is 2. The first kappa shape index (κ1) is 12.4. The minimum Gasteiger partial charge on any atom is -0.385 e. The van der Waals surface area contributed by atoms with Crippen molar-refractivity contribution in [2.75, 3.05) is 18.4 Å². The first-order valence-corrected chi connectivity index (χ1v) is 6.98. The van der Waals surface area contributed by atoms with Crippen molar-refractivity contribution in [3.8, 4) is 0 Å². The predicted octanol–water partition coefficient (Wildman–Crippen LogP) is 3.71. The minimum atomic E-state index is 0.550. The number of benzene rings is 1. The van der Waals surface area contributed by atoms with Crippen LogP contribution >= 0.6 is 0 Å². The zero-order valence-electron chi connectivity index (χ0n) is 10.8. The van der Waals surface area contributed by atoms with Crippen molar-refractivity contribution in [3.05, 3.63) is 29.8 Å². The molecule has 2 heteroatoms. The summed E-state index contributed by atoms with van der Waals surface area (Å²) < 4.78 is 0. The minimum absolute atomic E-state index is 0.550. The summed E-state index contributed by atoms with van der Waals surface area (Å²) in [5.41, 5.74) is 2.77. The highest BCUT2D eigenvalue weighted by atomic mass is 14.9. The number of anilines is 1. The van der Waals surface area contributed by atoms with E-state index in [2.05, 4.69) is 41.8 Å². The van der Waals surface area contributed by atoms with E-state index in [1.165, 1.54) is 43.4 Å². The van der Waals surface area contributed by atoms with Gasteiger partial charge in [-0.3, -0.25) is 0 Å². The van der Waals surface area contributed by atoms with Crippen molar-refractivity contribution in [2.24, 2.45) is 0 Å². The standard InChI is InChI=1S/C15H24N2/c1-2-3-11-16-14-9-5-4-8-13(14)15-10-6-7-12-17-15/h4-5,8-9,15-17H,2-3,6-7,10-12H2,1H3. The van der Waals surface area contributed by atoms with E-state index < -0.39 is 0 Å². The van der Waals surface area contributed by atoms with Gasteiger partial charge in [-0.1, -0.05) is 38.0 Å². The molecule has 1 atom stereocenters. The Balaban J connectivity index is 2.03. The van der Waals surface area contributed by atoms with E-state index in [0.717, 1.165) is 13.1 Å². The van der Waals surface area contributed by atoms with E-state index in [0.29, 0.717) is 6.04 Å². The third kappa shape index (κ3) is 3.47. The smallest absolute Gasteiger partial charge is 0.0388 e. The Bertz CT molecular complexity index is 329. The number of para-hydroxylation sites is 1. The summed E-state index contributed by atoms with van der Waals surface area (Å²) in [7, 11) is 0. The normalized spacial score (nSPS) is 20.2. The molecule has 0 bridgehead atoms. The van der Waals surface area contributed by atoms with Crippen LogP contribution < -0.4 is 10.6 Å². The summed E-state index contributed by atoms with van der Waals surface area (Å²) in [6.45, 7) is 4.48. The Morgan fingerprint density at radius 2 is 2.18 bits per heavy atom. The van der Waals surface area contributed by atoms with Gasteiger partial charge in [0.1, 0.15) is 0 Å². The Kier molecular flexibility index (Phi) is 4.87. The summed E-state index contributed by atoms with van der Waals surface area (Å²) in [5.74, 6) is 0. The van der Waals surface area contributed by atoms with Crippen molar-refractivity contribution in [2.45, 2.75) is 45.1 Å². The molecule has 1 aromatic rings. The van der Waals surface area contributed by atoms with E-state index in [1.54, 1.807) is 0 Å². The Morgan fingerprint density at radius 3 is 2.94 bits per heavy atom. The summed E-state index contributed by atoms with van der Waals surface area (Å²) in [6, 6.07) is 9.30. The molecule has 94 valence electrons. The number of piperidine rings is 1. The highest BCUT2D eigenvalue weighted by Gasteiger charge is 2.16. The lowest BCUT2D eigenvalue weighted by molar-refractivity contribution is 0.413. The number of hydrogen-bond donors (Lipinski definition) is 2. The molecule has 0 amide bonds. The molecule has 17 heavy (non-hydrogen) atoms. The Morgan fingerprint density at radius 1 is 1.29 bits per heavy atom. The molecule has 1 heterocycles. The molecule has 0 radical (unpaired) electrons. The molecule has 1 aliphatic heterocycles. The van der Waals surface area contributed by atoms with E-state index in [-0.39, 0.29) is 0 Å². The molecule has 0 aromatic heterocycles. The van der Waals surface area contributed by atoms with Crippen LogP contribution in [0.2, 0.25) is 0 Å². The fourth-order valence-electron chi connectivity index (χ4n) is 2.48. The fourth-order valence-corrected chi connectivity index (χ4v) is 2.48. The van der Waals surface area contributed by atoms with E-state index in [4.69, 9.17) is 0 Å². The predicted molar refractivity (Wildman–Crippen MR) is 74.4 cm³/mol. The zero-order valence-corrected chi connectivity index (χ0v) is 10.8. The summed E-state index contributed by atoms with van der Waals surface area (Å²) in [6.07, 6.45) is 6.43. The van der Waals surface area contributed by atoms with Crippen LogP contribution in [0.1, 0.15) is 50.6 Å². The lowest BCUT2D eigenvalue weighted by atomic mass is 9.96. The molecule has 1 unspecified atom stereocenters. The second-order valence-corrected chi connectivity index (χ2v) is 4.87. The average Bonchev–Trinajstić information content (AvgIpc) is 2.41. The molecule has 0 spiro atoms. The monoisotopic (exact) mass is 232 g/mol. The first-order chi connectivity index (χ1) is 8.42. The van der Waals surface area contributed by atoms with Gasteiger partial charge in [0.25, 0.3) is 0 Å². The molecular formula is C15H24N2. The van der Waals surface area contributed by atoms with Crippen molar-refractivity contribution in [1.29, 1.82) is 0 Å². The third-order valence-electron chi connectivity index (χ3n) is 3.49. The largest absolute Gasteiger partial charge is 0.385 e. The van der Waals surface area contributed by atoms with Crippen molar-refractivity contribution in [1.82, 2.24) is 5.32 Å². The van der Waals surface area contributed by atoms with Gasteiger partial charge in [-0.15, -0.1) is 0 Å². The molecule has 2 nitrogen and oxygen atoms in total. The van der Waals surface area contributed by atoms with Crippen molar-refractivity contribution < 1.29 is 0 Å². The van der Waals surface area contributed by atoms with Crippen LogP contribution in [0.25, 0.3) is 0 Å². The molecule has 1 saturated heterocycles. The molecular weight excluding hydrogens is 208 g/mol. The van der Waals surface area contributed by atoms with Crippen LogP contribution in [0.5, 0.6) is 0 Å². The number of nitrogens with one attached hydrogen (secondary N) is 2. The van der Waals surface area contributed by atoms with Gasteiger partial charge in [0.05, 0.1) is 0 Å². The van der Waals surface area contributed by atoms with Gasteiger partial charge in [-0.05, 0) is 37.4 Å². The van der Waals surface area contributed by atoms with Crippen molar-refractivity contribution >= 4 is 5.69 Å². The van der Waals surface area contributed by atoms with E-state index >= 15 is 0 Å². The molecule has 0 aliphatic carbocycles. The van der Waals surface area contributed by atoms with Crippen LogP contribution in [0, 0.1) is 0 Å². The maximum Gasteiger partial charge on any atom is 0.0388 e. The van der Waals surface area contributed by atoms with Crippen LogP contribution in [0.3, 0.4) is 0 Å². The quantitative estimate of drug-likeness (QED) is 0.756. The lowest BCUT2D eigenvalue weighted by Crippen LogP contribution is -2.27. The third-order valence-corrected chi connectivity index (χ3v) is 3.49. The number of rotatable bonds is 5. The maximum atomic E-state index is 3.63. The van der Waals surface area contributed by atoms with Crippen LogP contribution in [0.15, 0.2) is 24.3 Å². The highest BCUT2D eigenvalue weighted by molar-refractivity contribution is 5.52. The average molecular weight is 232 g/mol. The molecule has 2 N–H and O–H groups in total. The van der Waals surface area contributed by atoms with Crippen molar-refractivity contribution in [3.63, 3.8) is 0 Å². The summed E-state index contributed by atoms with van der Waals surface area (Å²) in [4.78, 5) is 0. The van der Waals surface area contributed by atoms with E-state index in [9.17, 15) is 0 Å². The zero-order chi connectivity index (χ0) is 11.9.